The van der Waals surface area contributed by atoms with Crippen molar-refractivity contribution < 1.29 is 4.42 Å². The lowest BCUT2D eigenvalue weighted by molar-refractivity contribution is 0.428. The Hall–Kier alpha value is -4.70. The average Bonchev–Trinajstić information content (AvgIpc) is 3.34. The molecule has 1 fully saturated rings. The zero-order valence-corrected chi connectivity index (χ0v) is 21.6. The van der Waals surface area contributed by atoms with Crippen LogP contribution in [0.2, 0.25) is 0 Å². The summed E-state index contributed by atoms with van der Waals surface area (Å²) < 4.78 is 5.08. The highest BCUT2D eigenvalue weighted by Crippen LogP contribution is 2.25. The molecule has 1 aliphatic heterocycles. The van der Waals surface area contributed by atoms with Gasteiger partial charge in [0.05, 0.1) is 17.4 Å². The number of oxazole rings is 1. The summed E-state index contributed by atoms with van der Waals surface area (Å²) in [6.45, 7) is 4.76. The molecule has 1 atom stereocenters. The van der Waals surface area contributed by atoms with Gasteiger partial charge in [0, 0.05) is 36.6 Å². The van der Waals surface area contributed by atoms with Crippen LogP contribution in [0, 0.1) is 6.92 Å². The molecule has 0 amide bonds. The van der Waals surface area contributed by atoms with E-state index in [-0.39, 0.29) is 0 Å². The quantitative estimate of drug-likeness (QED) is 0.226. The number of benzene rings is 2. The number of hydrogen-bond acceptors (Lipinski definition) is 9. The average molecular weight is 523 g/mol. The maximum absolute atomic E-state index is 11.5. The fourth-order valence-corrected chi connectivity index (χ4v) is 4.83. The number of aryl methyl sites for hydroxylation is 1. The second-order valence-electron chi connectivity index (χ2n) is 9.72. The van der Waals surface area contributed by atoms with E-state index in [4.69, 9.17) is 9.40 Å². The predicted molar refractivity (Wildman–Crippen MR) is 153 cm³/mol. The molecule has 2 aromatic carbocycles. The molecule has 1 aliphatic rings. The van der Waals surface area contributed by atoms with Crippen LogP contribution in [0.5, 0.6) is 0 Å². The summed E-state index contributed by atoms with van der Waals surface area (Å²) in [5, 5.41) is 10.1. The van der Waals surface area contributed by atoms with E-state index in [1.54, 1.807) is 18.3 Å². The molecule has 0 bridgehead atoms. The molecule has 10 nitrogen and oxygen atoms in total. The van der Waals surface area contributed by atoms with Crippen molar-refractivity contribution in [3.8, 4) is 0 Å². The van der Waals surface area contributed by atoms with E-state index in [1.807, 2.05) is 37.4 Å². The normalized spacial score (nSPS) is 15.3. The first-order chi connectivity index (χ1) is 19.1. The molecule has 0 aliphatic carbocycles. The molecule has 6 rings (SSSR count). The molecule has 3 aromatic heterocycles. The van der Waals surface area contributed by atoms with Crippen LogP contribution >= 0.6 is 0 Å². The topological polar surface area (TPSA) is 124 Å². The van der Waals surface area contributed by atoms with Gasteiger partial charge in [0.15, 0.2) is 5.58 Å². The largest absolute Gasteiger partial charge is 0.417 e. The highest BCUT2D eigenvalue weighted by molar-refractivity contribution is 5.78. The standard InChI is InChI=1S/C29H30N8O2/c1-19-15-32-28(36-27(19)33-21-9-11-25-24(14-21)35-29(38)39-25)34-22-10-12-26(31-16-22)37(23-8-5-13-30-17-23)18-20-6-3-2-4-7-20/h2-4,6-7,9-12,14-16,23,30H,5,8,13,17-18H2,1H3,(H,35,38)(H2,32,33,34,36). The molecule has 198 valence electrons. The summed E-state index contributed by atoms with van der Waals surface area (Å²) in [5.74, 6) is 1.57. The number of anilines is 5. The Kier molecular flexibility index (Phi) is 6.92. The zero-order valence-electron chi connectivity index (χ0n) is 21.6. The minimum absolute atomic E-state index is 0.387. The van der Waals surface area contributed by atoms with Crippen LogP contribution in [0.4, 0.5) is 29.0 Å². The van der Waals surface area contributed by atoms with Crippen molar-refractivity contribution >= 4 is 40.1 Å². The number of hydrogen-bond donors (Lipinski definition) is 4. The number of piperidine rings is 1. The number of pyridine rings is 1. The van der Waals surface area contributed by atoms with Gasteiger partial charge in [-0.25, -0.2) is 14.8 Å². The first-order valence-electron chi connectivity index (χ1n) is 13.1. The van der Waals surface area contributed by atoms with Gasteiger partial charge in [-0.1, -0.05) is 30.3 Å². The number of nitrogens with one attached hydrogen (secondary N) is 4. The fourth-order valence-electron chi connectivity index (χ4n) is 4.83. The van der Waals surface area contributed by atoms with Crippen LogP contribution in [-0.2, 0) is 6.54 Å². The van der Waals surface area contributed by atoms with Gasteiger partial charge in [0.1, 0.15) is 11.6 Å². The zero-order chi connectivity index (χ0) is 26.6. The predicted octanol–water partition coefficient (Wildman–Crippen LogP) is 4.86. The first-order valence-corrected chi connectivity index (χ1v) is 13.1. The van der Waals surface area contributed by atoms with Crippen LogP contribution < -0.4 is 26.6 Å². The van der Waals surface area contributed by atoms with Gasteiger partial charge in [-0.15, -0.1) is 0 Å². The van der Waals surface area contributed by atoms with E-state index in [0.29, 0.717) is 28.9 Å². The molecular formula is C29H30N8O2. The van der Waals surface area contributed by atoms with Crippen LogP contribution in [-0.4, -0.2) is 39.1 Å². The number of rotatable bonds is 8. The molecule has 0 radical (unpaired) electrons. The van der Waals surface area contributed by atoms with Crippen molar-refractivity contribution in [2.45, 2.75) is 32.4 Å². The van der Waals surface area contributed by atoms with E-state index < -0.39 is 5.76 Å². The van der Waals surface area contributed by atoms with E-state index in [2.05, 4.69) is 60.1 Å². The van der Waals surface area contributed by atoms with E-state index >= 15 is 0 Å². The Morgan fingerprint density at radius 1 is 1.03 bits per heavy atom. The van der Waals surface area contributed by atoms with Crippen LogP contribution in [0.3, 0.4) is 0 Å². The first kappa shape index (κ1) is 24.6. The van der Waals surface area contributed by atoms with Gasteiger partial charge in [0.25, 0.3) is 0 Å². The lowest BCUT2D eigenvalue weighted by Gasteiger charge is -2.35. The summed E-state index contributed by atoms with van der Waals surface area (Å²) >= 11 is 0. The number of aromatic amines is 1. The van der Waals surface area contributed by atoms with Crippen molar-refractivity contribution in [3.63, 3.8) is 0 Å². The van der Waals surface area contributed by atoms with Gasteiger partial charge in [-0.05, 0) is 62.2 Å². The molecule has 10 heteroatoms. The molecule has 0 spiro atoms. The Morgan fingerprint density at radius 2 is 1.90 bits per heavy atom. The Labute approximate surface area is 225 Å². The fraction of sp³-hybridized carbons (Fsp3) is 0.241. The number of aromatic nitrogens is 4. The molecule has 1 saturated heterocycles. The van der Waals surface area contributed by atoms with E-state index in [1.165, 1.54) is 5.56 Å². The van der Waals surface area contributed by atoms with Crippen molar-refractivity contribution in [1.82, 2.24) is 25.3 Å². The van der Waals surface area contributed by atoms with E-state index in [0.717, 1.165) is 55.2 Å². The number of H-pyrrole nitrogens is 1. The molecule has 4 N–H and O–H groups in total. The van der Waals surface area contributed by atoms with Crippen molar-refractivity contribution in [2.24, 2.45) is 0 Å². The van der Waals surface area contributed by atoms with Crippen LogP contribution in [0.15, 0.2) is 82.3 Å². The SMILES string of the molecule is Cc1cnc(Nc2ccc(N(Cc3ccccc3)C3CCCNC3)nc2)nc1Nc1ccc2oc(=O)[nH]c2c1. The number of nitrogens with zero attached hydrogens (tertiary/aromatic N) is 4. The maximum atomic E-state index is 11.5. The highest BCUT2D eigenvalue weighted by Gasteiger charge is 2.22. The second-order valence-corrected chi connectivity index (χ2v) is 9.72. The van der Waals surface area contributed by atoms with Gasteiger partial charge in [-0.2, -0.15) is 4.98 Å². The Morgan fingerprint density at radius 3 is 2.69 bits per heavy atom. The smallest absolute Gasteiger partial charge is 0.408 e. The Balaban J connectivity index is 1.19. The second kappa shape index (κ2) is 11.0. The molecule has 39 heavy (non-hydrogen) atoms. The number of fused-ring (bicyclic) bond motifs is 1. The molecule has 0 saturated carbocycles. The Bertz CT molecular complexity index is 1610. The minimum atomic E-state index is -0.481. The third-order valence-corrected chi connectivity index (χ3v) is 6.86. The van der Waals surface area contributed by atoms with Gasteiger partial charge >= 0.3 is 5.76 Å². The third-order valence-electron chi connectivity index (χ3n) is 6.86. The van der Waals surface area contributed by atoms with Crippen molar-refractivity contribution in [1.29, 1.82) is 0 Å². The minimum Gasteiger partial charge on any atom is -0.408 e. The lowest BCUT2D eigenvalue weighted by atomic mass is 10.0. The summed E-state index contributed by atoms with van der Waals surface area (Å²) in [4.78, 5) is 30.4. The monoisotopic (exact) mass is 522 g/mol. The summed E-state index contributed by atoms with van der Waals surface area (Å²) in [6, 6.07) is 20.3. The van der Waals surface area contributed by atoms with Gasteiger partial charge in [0.2, 0.25) is 5.95 Å². The molecule has 4 heterocycles. The maximum Gasteiger partial charge on any atom is 0.417 e. The van der Waals surface area contributed by atoms with E-state index in [9.17, 15) is 4.79 Å². The lowest BCUT2D eigenvalue weighted by Crippen LogP contribution is -2.46. The van der Waals surface area contributed by atoms with Gasteiger partial charge in [-0.3, -0.25) is 4.98 Å². The van der Waals surface area contributed by atoms with Crippen molar-refractivity contribution in [3.05, 3.63) is 94.7 Å². The summed E-state index contributed by atoms with van der Waals surface area (Å²) in [6.07, 6.45) is 5.88. The summed E-state index contributed by atoms with van der Waals surface area (Å²) in [7, 11) is 0. The molecule has 5 aromatic rings. The van der Waals surface area contributed by atoms with Gasteiger partial charge < -0.3 is 25.3 Å². The van der Waals surface area contributed by atoms with Crippen LogP contribution in [0.25, 0.3) is 11.1 Å². The third kappa shape index (κ3) is 5.75. The van der Waals surface area contributed by atoms with Crippen LogP contribution in [0.1, 0.15) is 24.0 Å². The summed E-state index contributed by atoms with van der Waals surface area (Å²) in [5.41, 5.74) is 4.84. The molecular weight excluding hydrogens is 492 g/mol. The molecule has 1 unspecified atom stereocenters. The van der Waals surface area contributed by atoms with Crippen molar-refractivity contribution in [2.75, 3.05) is 28.6 Å². The highest BCUT2D eigenvalue weighted by atomic mass is 16.4.